The van der Waals surface area contributed by atoms with Gasteiger partial charge in [-0.15, -0.1) is 0 Å². The Bertz CT molecular complexity index is 737. The lowest BCUT2D eigenvalue weighted by Gasteiger charge is -2.17. The van der Waals surface area contributed by atoms with Crippen molar-refractivity contribution in [3.05, 3.63) is 40.6 Å². The van der Waals surface area contributed by atoms with E-state index in [4.69, 9.17) is 16.4 Å². The third-order valence-electron chi connectivity index (χ3n) is 3.45. The minimum Gasteiger partial charge on any atom is -0.379 e. The van der Waals surface area contributed by atoms with E-state index >= 15 is 0 Å². The number of benzene rings is 1. The van der Waals surface area contributed by atoms with Crippen LogP contribution in [0.4, 0.5) is 0 Å². The summed E-state index contributed by atoms with van der Waals surface area (Å²) >= 11 is 6.11. The first-order valence-corrected chi connectivity index (χ1v) is 8.82. The molecular weight excluding hydrogens is 314 g/mol. The lowest BCUT2D eigenvalue weighted by Crippen LogP contribution is -2.29. The first kappa shape index (κ1) is 14.4. The van der Waals surface area contributed by atoms with Gasteiger partial charge in [0.2, 0.25) is 0 Å². The molecule has 1 heterocycles. The van der Waals surface area contributed by atoms with E-state index in [-0.39, 0.29) is 17.0 Å². The molecule has 0 unspecified atom stereocenters. The number of nitrogens with zero attached hydrogens (tertiary/aromatic N) is 1. The maximum absolute atomic E-state index is 12.5. The second-order valence-corrected chi connectivity index (χ2v) is 7.69. The van der Waals surface area contributed by atoms with Gasteiger partial charge in [-0.05, 0) is 25.0 Å². The molecule has 1 amide bonds. The number of sulfone groups is 1. The lowest BCUT2D eigenvalue weighted by atomic mass is 10.2. The highest BCUT2D eigenvalue weighted by atomic mass is 35.5. The Balaban J connectivity index is 1.88. The highest BCUT2D eigenvalue weighted by molar-refractivity contribution is 7.90. The highest BCUT2D eigenvalue weighted by Crippen LogP contribution is 2.42. The summed E-state index contributed by atoms with van der Waals surface area (Å²) < 4.78 is 23.5. The van der Waals surface area contributed by atoms with Crippen LogP contribution >= 0.6 is 11.6 Å². The predicted octanol–water partition coefficient (Wildman–Crippen LogP) is 2.34. The summed E-state index contributed by atoms with van der Waals surface area (Å²) in [4.78, 5) is 18.0. The largest absolute Gasteiger partial charge is 0.379 e. The average Bonchev–Trinajstić information content (AvgIpc) is 3.20. The fraction of sp³-hybridized carbons (Fsp3) is 0.357. The minimum atomic E-state index is -3.49. The van der Waals surface area contributed by atoms with Crippen molar-refractivity contribution in [2.75, 3.05) is 12.8 Å². The van der Waals surface area contributed by atoms with Crippen LogP contribution in [0.1, 0.15) is 23.2 Å². The van der Waals surface area contributed by atoms with Crippen LogP contribution in [0.3, 0.4) is 0 Å². The van der Waals surface area contributed by atoms with Gasteiger partial charge in [-0.2, -0.15) is 5.06 Å². The van der Waals surface area contributed by atoms with Crippen molar-refractivity contribution in [3.8, 4) is 0 Å². The lowest BCUT2D eigenvalue weighted by molar-refractivity contribution is -0.0645. The Morgan fingerprint density at radius 2 is 2.00 bits per heavy atom. The molecule has 1 saturated carbocycles. The number of hydrogen-bond donors (Lipinski definition) is 0. The number of carbonyl (C=O) groups is 1. The van der Waals surface area contributed by atoms with Crippen molar-refractivity contribution in [2.45, 2.75) is 17.7 Å². The zero-order valence-corrected chi connectivity index (χ0v) is 12.9. The summed E-state index contributed by atoms with van der Waals surface area (Å²) in [7, 11) is -3.49. The van der Waals surface area contributed by atoms with Crippen LogP contribution in [0, 0.1) is 5.92 Å². The van der Waals surface area contributed by atoms with Crippen LogP contribution in [0.5, 0.6) is 0 Å². The molecule has 0 aromatic heterocycles. The van der Waals surface area contributed by atoms with Crippen LogP contribution in [-0.2, 0) is 14.7 Å². The second-order valence-electron chi connectivity index (χ2n) is 5.24. The van der Waals surface area contributed by atoms with Crippen LogP contribution in [0.15, 0.2) is 40.0 Å². The van der Waals surface area contributed by atoms with Gasteiger partial charge < -0.3 is 4.84 Å². The summed E-state index contributed by atoms with van der Waals surface area (Å²) in [6.45, 7) is 0.157. The zero-order valence-electron chi connectivity index (χ0n) is 11.4. The molecule has 1 fully saturated rings. The van der Waals surface area contributed by atoms with Crippen LogP contribution < -0.4 is 0 Å². The average molecular weight is 328 g/mol. The van der Waals surface area contributed by atoms with Crippen LogP contribution in [-0.4, -0.2) is 32.2 Å². The van der Waals surface area contributed by atoms with Crippen molar-refractivity contribution < 1.29 is 18.0 Å². The first-order valence-electron chi connectivity index (χ1n) is 6.55. The molecule has 2 aliphatic rings. The van der Waals surface area contributed by atoms with E-state index in [1.54, 1.807) is 12.1 Å². The van der Waals surface area contributed by atoms with Gasteiger partial charge in [0.15, 0.2) is 15.6 Å². The maximum atomic E-state index is 12.5. The Morgan fingerprint density at radius 3 is 2.62 bits per heavy atom. The first-order chi connectivity index (χ1) is 9.88. The summed E-state index contributed by atoms with van der Waals surface area (Å²) in [6, 6.07) is 6.09. The van der Waals surface area contributed by atoms with E-state index < -0.39 is 15.7 Å². The van der Waals surface area contributed by atoms with Crippen LogP contribution in [0.2, 0.25) is 0 Å². The molecule has 0 radical (unpaired) electrons. The number of amides is 1. The standard InChI is InChI=1S/C14H14ClNO4S/c1-21(18,19)12-5-3-2-4-10(12)14(17)16-8-11(15)13(20-16)9-6-7-9/h2-5,9H,6-8H2,1H3. The molecule has 21 heavy (non-hydrogen) atoms. The third kappa shape index (κ3) is 2.78. The molecule has 3 rings (SSSR count). The van der Waals surface area contributed by atoms with Crippen molar-refractivity contribution >= 4 is 27.3 Å². The van der Waals surface area contributed by atoms with Gasteiger partial charge in [0.1, 0.15) is 0 Å². The fourth-order valence-electron chi connectivity index (χ4n) is 2.26. The monoisotopic (exact) mass is 327 g/mol. The van der Waals surface area contributed by atoms with Gasteiger partial charge in [-0.25, -0.2) is 8.42 Å². The minimum absolute atomic E-state index is 0.00501. The van der Waals surface area contributed by atoms with E-state index in [0.717, 1.165) is 24.2 Å². The quantitative estimate of drug-likeness (QED) is 0.854. The van der Waals surface area contributed by atoms with Gasteiger partial charge in [0, 0.05) is 12.2 Å². The smallest absolute Gasteiger partial charge is 0.288 e. The van der Waals surface area contributed by atoms with E-state index in [1.165, 1.54) is 12.1 Å². The normalized spacial score (nSPS) is 18.9. The number of carbonyl (C=O) groups excluding carboxylic acids is 1. The number of hydroxylamine groups is 2. The molecule has 0 spiro atoms. The molecule has 1 aromatic carbocycles. The summed E-state index contributed by atoms with van der Waals surface area (Å²) in [5.41, 5.74) is 0.0986. The summed E-state index contributed by atoms with van der Waals surface area (Å²) in [5, 5.41) is 1.64. The van der Waals surface area contributed by atoms with E-state index in [2.05, 4.69) is 0 Å². The molecule has 0 bridgehead atoms. The SMILES string of the molecule is CS(=O)(=O)c1ccccc1C(=O)N1CC(Cl)=C(C2CC2)O1. The topological polar surface area (TPSA) is 63.7 Å². The molecule has 112 valence electrons. The van der Waals surface area contributed by atoms with Gasteiger partial charge in [0.25, 0.3) is 5.91 Å². The van der Waals surface area contributed by atoms with E-state index in [1.807, 2.05) is 0 Å². The molecule has 1 aromatic rings. The molecule has 1 aliphatic carbocycles. The molecule has 0 N–H and O–H groups in total. The summed E-state index contributed by atoms with van der Waals surface area (Å²) in [6.07, 6.45) is 3.09. The van der Waals surface area contributed by atoms with Crippen molar-refractivity contribution in [1.82, 2.24) is 5.06 Å². The zero-order chi connectivity index (χ0) is 15.2. The van der Waals surface area contributed by atoms with E-state index in [0.29, 0.717) is 16.7 Å². The number of halogens is 1. The second kappa shape index (κ2) is 5.03. The van der Waals surface area contributed by atoms with E-state index in [9.17, 15) is 13.2 Å². The number of hydrogen-bond acceptors (Lipinski definition) is 4. The molecule has 5 nitrogen and oxygen atoms in total. The molecule has 7 heteroatoms. The Labute approximate surface area is 128 Å². The Kier molecular flexibility index (Phi) is 3.45. The van der Waals surface area contributed by atoms with Crippen LogP contribution in [0.25, 0.3) is 0 Å². The highest BCUT2D eigenvalue weighted by Gasteiger charge is 2.38. The fourth-order valence-corrected chi connectivity index (χ4v) is 3.44. The third-order valence-corrected chi connectivity index (χ3v) is 4.91. The summed E-state index contributed by atoms with van der Waals surface area (Å²) in [5.74, 6) is 0.437. The molecule has 0 atom stereocenters. The van der Waals surface area contributed by atoms with Gasteiger partial charge in [0.05, 0.1) is 22.0 Å². The van der Waals surface area contributed by atoms with Crippen molar-refractivity contribution in [2.24, 2.45) is 5.92 Å². The van der Waals surface area contributed by atoms with Crippen molar-refractivity contribution in [3.63, 3.8) is 0 Å². The number of allylic oxidation sites excluding steroid dienone is 1. The van der Waals surface area contributed by atoms with Gasteiger partial charge in [-0.3, -0.25) is 4.79 Å². The van der Waals surface area contributed by atoms with Gasteiger partial charge in [-0.1, -0.05) is 23.7 Å². The molecular formula is C14H14ClNO4S. The Morgan fingerprint density at radius 1 is 1.33 bits per heavy atom. The molecule has 0 saturated heterocycles. The maximum Gasteiger partial charge on any atom is 0.288 e. The Hall–Kier alpha value is -1.53. The van der Waals surface area contributed by atoms with Gasteiger partial charge >= 0.3 is 0 Å². The predicted molar refractivity (Wildman–Crippen MR) is 77.3 cm³/mol. The van der Waals surface area contributed by atoms with Crippen molar-refractivity contribution in [1.29, 1.82) is 0 Å². The number of rotatable bonds is 3. The molecule has 1 aliphatic heterocycles.